The monoisotopic (exact) mass is 248 g/mol. The van der Waals surface area contributed by atoms with Gasteiger partial charge in [-0.1, -0.05) is 0 Å². The minimum atomic E-state index is -4.56. The van der Waals surface area contributed by atoms with Crippen molar-refractivity contribution in [1.29, 1.82) is 0 Å². The van der Waals surface area contributed by atoms with E-state index < -0.39 is 17.6 Å². The number of ether oxygens (including phenoxy) is 1. The van der Waals surface area contributed by atoms with Crippen LogP contribution < -0.4 is 10.6 Å². The molecule has 17 heavy (non-hydrogen) atoms. The first-order valence-corrected chi connectivity index (χ1v) is 5.01. The number of hydrogen-bond donors (Lipinski definition) is 1. The molecule has 0 aliphatic carbocycles. The molecule has 0 saturated carbocycles. The molecule has 1 aromatic rings. The van der Waals surface area contributed by atoms with Crippen molar-refractivity contribution in [2.75, 3.05) is 36.9 Å². The average molecular weight is 248 g/mol. The second kappa shape index (κ2) is 4.36. The van der Waals surface area contributed by atoms with Crippen LogP contribution in [-0.4, -0.2) is 36.3 Å². The molecule has 0 unspecified atom stereocenters. The molecule has 1 aliphatic heterocycles. The van der Waals surface area contributed by atoms with Crippen LogP contribution in [0.1, 0.15) is 5.69 Å². The van der Waals surface area contributed by atoms with Crippen molar-refractivity contribution in [1.82, 2.24) is 9.97 Å². The zero-order chi connectivity index (χ0) is 12.5. The zero-order valence-electron chi connectivity index (χ0n) is 8.87. The Morgan fingerprint density at radius 2 is 1.94 bits per heavy atom. The fourth-order valence-corrected chi connectivity index (χ4v) is 1.52. The molecule has 0 amide bonds. The third kappa shape index (κ3) is 2.57. The molecule has 94 valence electrons. The standard InChI is InChI=1S/C9H11F3N4O/c10-9(11,12)7-6(13)5-14-8(15-7)16-1-3-17-4-2-16/h5H,1-4,13H2. The lowest BCUT2D eigenvalue weighted by Crippen LogP contribution is -2.37. The van der Waals surface area contributed by atoms with Crippen LogP contribution in [0.15, 0.2) is 6.20 Å². The molecule has 0 atom stereocenters. The van der Waals surface area contributed by atoms with E-state index in [2.05, 4.69) is 9.97 Å². The van der Waals surface area contributed by atoms with Gasteiger partial charge in [0.1, 0.15) is 0 Å². The maximum Gasteiger partial charge on any atom is 0.435 e. The van der Waals surface area contributed by atoms with Gasteiger partial charge >= 0.3 is 6.18 Å². The summed E-state index contributed by atoms with van der Waals surface area (Å²) in [5.74, 6) is 0.0369. The Bertz CT molecular complexity index is 404. The Morgan fingerprint density at radius 3 is 2.53 bits per heavy atom. The Hall–Kier alpha value is -1.57. The van der Waals surface area contributed by atoms with Gasteiger partial charge in [0, 0.05) is 13.1 Å². The topological polar surface area (TPSA) is 64.3 Å². The quantitative estimate of drug-likeness (QED) is 0.800. The molecule has 5 nitrogen and oxygen atoms in total. The Labute approximate surface area is 95.4 Å². The van der Waals surface area contributed by atoms with E-state index in [4.69, 9.17) is 10.5 Å². The van der Waals surface area contributed by atoms with Crippen LogP contribution in [0.2, 0.25) is 0 Å². The summed E-state index contributed by atoms with van der Waals surface area (Å²) in [7, 11) is 0. The highest BCUT2D eigenvalue weighted by Crippen LogP contribution is 2.32. The first kappa shape index (κ1) is 11.9. The molecule has 0 radical (unpaired) electrons. The number of rotatable bonds is 1. The van der Waals surface area contributed by atoms with Crippen molar-refractivity contribution in [3.05, 3.63) is 11.9 Å². The smallest absolute Gasteiger partial charge is 0.396 e. The van der Waals surface area contributed by atoms with Crippen LogP contribution in [0.4, 0.5) is 24.8 Å². The van der Waals surface area contributed by atoms with E-state index in [1.165, 1.54) is 0 Å². The number of halogens is 3. The summed E-state index contributed by atoms with van der Waals surface area (Å²) in [6.45, 7) is 1.85. The maximum absolute atomic E-state index is 12.6. The predicted molar refractivity (Wildman–Crippen MR) is 54.5 cm³/mol. The zero-order valence-corrected chi connectivity index (χ0v) is 8.87. The molecule has 2 heterocycles. The van der Waals surface area contributed by atoms with Crippen LogP contribution in [0.5, 0.6) is 0 Å². The van der Waals surface area contributed by atoms with E-state index in [-0.39, 0.29) is 5.95 Å². The van der Waals surface area contributed by atoms with Gasteiger partial charge in [0.15, 0.2) is 5.69 Å². The third-order valence-corrected chi connectivity index (χ3v) is 2.37. The van der Waals surface area contributed by atoms with Crippen LogP contribution in [-0.2, 0) is 10.9 Å². The maximum atomic E-state index is 12.6. The Kier molecular flexibility index (Phi) is 3.05. The summed E-state index contributed by atoms with van der Waals surface area (Å²) < 4.78 is 42.8. The van der Waals surface area contributed by atoms with Crippen LogP contribution >= 0.6 is 0 Å². The molecule has 1 fully saturated rings. The minimum Gasteiger partial charge on any atom is -0.396 e. The molecule has 1 saturated heterocycles. The number of nitrogen functional groups attached to an aromatic ring is 1. The summed E-state index contributed by atoms with van der Waals surface area (Å²) in [6.07, 6.45) is -3.57. The van der Waals surface area contributed by atoms with Crippen molar-refractivity contribution < 1.29 is 17.9 Å². The number of morpholine rings is 1. The van der Waals surface area contributed by atoms with Crippen LogP contribution in [0.3, 0.4) is 0 Å². The molecular weight excluding hydrogens is 237 g/mol. The first-order chi connectivity index (χ1) is 7.98. The Morgan fingerprint density at radius 1 is 1.29 bits per heavy atom. The van der Waals surface area contributed by atoms with Crippen LogP contribution in [0.25, 0.3) is 0 Å². The summed E-state index contributed by atoms with van der Waals surface area (Å²) in [5, 5.41) is 0. The molecule has 8 heteroatoms. The molecule has 1 aromatic heterocycles. The summed E-state index contributed by atoms with van der Waals surface area (Å²) in [6, 6.07) is 0. The van der Waals surface area contributed by atoms with Crippen molar-refractivity contribution in [2.45, 2.75) is 6.18 Å². The van der Waals surface area contributed by atoms with Crippen molar-refractivity contribution in [3.63, 3.8) is 0 Å². The van der Waals surface area contributed by atoms with Gasteiger partial charge in [-0.3, -0.25) is 0 Å². The van der Waals surface area contributed by atoms with Gasteiger partial charge in [-0.2, -0.15) is 13.2 Å². The molecule has 2 N–H and O–H groups in total. The first-order valence-electron chi connectivity index (χ1n) is 5.01. The van der Waals surface area contributed by atoms with Gasteiger partial charge in [0.05, 0.1) is 25.1 Å². The SMILES string of the molecule is Nc1cnc(N2CCOCC2)nc1C(F)(F)F. The number of aromatic nitrogens is 2. The highest BCUT2D eigenvalue weighted by atomic mass is 19.4. The largest absolute Gasteiger partial charge is 0.435 e. The van der Waals surface area contributed by atoms with E-state index in [1.807, 2.05) is 0 Å². The fourth-order valence-electron chi connectivity index (χ4n) is 1.52. The molecular formula is C9H11F3N4O. The summed E-state index contributed by atoms with van der Waals surface area (Å²) in [5.41, 5.74) is 3.66. The molecule has 0 aromatic carbocycles. The van der Waals surface area contributed by atoms with E-state index in [1.54, 1.807) is 4.90 Å². The van der Waals surface area contributed by atoms with Gasteiger partial charge in [-0.25, -0.2) is 9.97 Å². The van der Waals surface area contributed by atoms with Crippen molar-refractivity contribution >= 4 is 11.6 Å². The number of nitrogens with two attached hydrogens (primary N) is 1. The Balaban J connectivity index is 2.30. The van der Waals surface area contributed by atoms with Gasteiger partial charge in [-0.15, -0.1) is 0 Å². The second-order valence-corrected chi connectivity index (χ2v) is 3.57. The molecule has 0 spiro atoms. The van der Waals surface area contributed by atoms with Crippen LogP contribution in [0, 0.1) is 0 Å². The molecule has 1 aliphatic rings. The lowest BCUT2D eigenvalue weighted by atomic mass is 10.3. The number of nitrogens with zero attached hydrogens (tertiary/aromatic N) is 3. The number of anilines is 2. The lowest BCUT2D eigenvalue weighted by Gasteiger charge is -2.27. The normalized spacial score (nSPS) is 17.2. The van der Waals surface area contributed by atoms with E-state index in [0.717, 1.165) is 6.20 Å². The van der Waals surface area contributed by atoms with E-state index in [0.29, 0.717) is 26.3 Å². The lowest BCUT2D eigenvalue weighted by molar-refractivity contribution is -0.140. The minimum absolute atomic E-state index is 0.0369. The second-order valence-electron chi connectivity index (χ2n) is 3.57. The third-order valence-electron chi connectivity index (χ3n) is 2.37. The van der Waals surface area contributed by atoms with E-state index >= 15 is 0 Å². The predicted octanol–water partition coefficient (Wildman–Crippen LogP) is 0.914. The van der Waals surface area contributed by atoms with Gasteiger partial charge in [0.2, 0.25) is 5.95 Å². The number of hydrogen-bond acceptors (Lipinski definition) is 5. The van der Waals surface area contributed by atoms with E-state index in [9.17, 15) is 13.2 Å². The molecule has 2 rings (SSSR count). The van der Waals surface area contributed by atoms with Gasteiger partial charge in [0.25, 0.3) is 0 Å². The van der Waals surface area contributed by atoms with Gasteiger partial charge < -0.3 is 15.4 Å². The molecule has 0 bridgehead atoms. The average Bonchev–Trinajstić information content (AvgIpc) is 2.29. The number of alkyl halides is 3. The summed E-state index contributed by atoms with van der Waals surface area (Å²) >= 11 is 0. The highest BCUT2D eigenvalue weighted by molar-refractivity contribution is 5.46. The fraction of sp³-hybridized carbons (Fsp3) is 0.556. The summed E-state index contributed by atoms with van der Waals surface area (Å²) in [4.78, 5) is 8.92. The van der Waals surface area contributed by atoms with Gasteiger partial charge in [-0.05, 0) is 0 Å². The van der Waals surface area contributed by atoms with Crippen molar-refractivity contribution in [3.8, 4) is 0 Å². The van der Waals surface area contributed by atoms with Crippen molar-refractivity contribution in [2.24, 2.45) is 0 Å². The highest BCUT2D eigenvalue weighted by Gasteiger charge is 2.36.